The summed E-state index contributed by atoms with van der Waals surface area (Å²) in [4.78, 5) is 24.8. The molecule has 0 aliphatic carbocycles. The molecular formula is C19H20FN7O. The highest BCUT2D eigenvalue weighted by atomic mass is 19.1. The Bertz CT molecular complexity index is 954. The number of nitrogens with zero attached hydrogens (tertiary/aromatic N) is 4. The maximum atomic E-state index is 14.2. The highest BCUT2D eigenvalue weighted by Gasteiger charge is 2.18. The number of hydrogen-bond donors (Lipinski definition) is 3. The van der Waals surface area contributed by atoms with Gasteiger partial charge in [0, 0.05) is 12.4 Å². The maximum Gasteiger partial charge on any atom is 0.254 e. The number of halogens is 1. The standard InChI is InChI=1S/C19H20FN7O/c20-15-2-1-12(7-13-3-4-21-9-13)8-14(15)19(28)24-11-17-25-18(27-26-17)16-10-22-5-6-23-16/h1-2,5-6,8,10,13,21H,3-4,7,9,11H2,(H,24,28)(H,25,26,27). The Morgan fingerprint density at radius 2 is 2.25 bits per heavy atom. The number of nitrogens with one attached hydrogen (secondary N) is 3. The van der Waals surface area contributed by atoms with Crippen molar-refractivity contribution in [1.29, 1.82) is 0 Å². The Hall–Kier alpha value is -3.20. The van der Waals surface area contributed by atoms with Crippen molar-refractivity contribution >= 4 is 5.91 Å². The molecule has 1 aliphatic rings. The number of aromatic amines is 1. The van der Waals surface area contributed by atoms with Crippen molar-refractivity contribution in [3.63, 3.8) is 0 Å². The van der Waals surface area contributed by atoms with Crippen LogP contribution >= 0.6 is 0 Å². The molecular weight excluding hydrogens is 361 g/mol. The topological polar surface area (TPSA) is 108 Å². The number of benzene rings is 1. The van der Waals surface area contributed by atoms with Gasteiger partial charge < -0.3 is 10.6 Å². The molecule has 1 amide bonds. The summed E-state index contributed by atoms with van der Waals surface area (Å²) < 4.78 is 14.2. The van der Waals surface area contributed by atoms with E-state index >= 15 is 0 Å². The Morgan fingerprint density at radius 1 is 1.32 bits per heavy atom. The Labute approximate surface area is 161 Å². The van der Waals surface area contributed by atoms with E-state index in [2.05, 4.69) is 35.8 Å². The number of carbonyl (C=O) groups is 1. The number of hydrogen-bond acceptors (Lipinski definition) is 6. The molecule has 1 fully saturated rings. The van der Waals surface area contributed by atoms with E-state index in [4.69, 9.17) is 0 Å². The number of H-pyrrole nitrogens is 1. The number of aromatic nitrogens is 5. The van der Waals surface area contributed by atoms with Gasteiger partial charge in [-0.15, -0.1) is 0 Å². The molecule has 1 aromatic carbocycles. The monoisotopic (exact) mass is 381 g/mol. The summed E-state index contributed by atoms with van der Waals surface area (Å²) in [6.07, 6.45) is 6.58. The van der Waals surface area contributed by atoms with Crippen LogP contribution in [0, 0.1) is 11.7 Å². The van der Waals surface area contributed by atoms with Crippen LogP contribution in [0.3, 0.4) is 0 Å². The van der Waals surface area contributed by atoms with E-state index in [1.165, 1.54) is 6.07 Å². The summed E-state index contributed by atoms with van der Waals surface area (Å²) in [5, 5.41) is 12.8. The molecule has 0 radical (unpaired) electrons. The van der Waals surface area contributed by atoms with E-state index in [9.17, 15) is 9.18 Å². The lowest BCUT2D eigenvalue weighted by molar-refractivity contribution is 0.0945. The van der Waals surface area contributed by atoms with E-state index in [1.807, 2.05) is 0 Å². The zero-order chi connectivity index (χ0) is 19.3. The van der Waals surface area contributed by atoms with E-state index in [1.54, 1.807) is 30.7 Å². The quantitative estimate of drug-likeness (QED) is 0.597. The minimum absolute atomic E-state index is 0.0390. The van der Waals surface area contributed by atoms with E-state index in [-0.39, 0.29) is 12.1 Å². The third-order valence-electron chi connectivity index (χ3n) is 4.70. The first-order valence-electron chi connectivity index (χ1n) is 9.14. The molecule has 3 aromatic rings. The first-order chi connectivity index (χ1) is 13.7. The van der Waals surface area contributed by atoms with Crippen LogP contribution in [0.4, 0.5) is 4.39 Å². The van der Waals surface area contributed by atoms with Crippen molar-refractivity contribution in [2.45, 2.75) is 19.4 Å². The molecule has 0 spiro atoms. The molecule has 3 heterocycles. The smallest absolute Gasteiger partial charge is 0.254 e. The molecule has 1 unspecified atom stereocenters. The number of amides is 1. The van der Waals surface area contributed by atoms with Crippen molar-refractivity contribution in [2.75, 3.05) is 13.1 Å². The minimum Gasteiger partial charge on any atom is -0.345 e. The van der Waals surface area contributed by atoms with Gasteiger partial charge in [-0.05, 0) is 49.5 Å². The average Bonchev–Trinajstić information content (AvgIpc) is 3.40. The third kappa shape index (κ3) is 4.20. The largest absolute Gasteiger partial charge is 0.345 e. The first-order valence-corrected chi connectivity index (χ1v) is 9.14. The van der Waals surface area contributed by atoms with E-state index < -0.39 is 11.7 Å². The van der Waals surface area contributed by atoms with Crippen LogP contribution in [0.25, 0.3) is 11.5 Å². The number of carbonyl (C=O) groups excluding carboxylic acids is 1. The third-order valence-corrected chi connectivity index (χ3v) is 4.70. The highest BCUT2D eigenvalue weighted by Crippen LogP contribution is 2.18. The van der Waals surface area contributed by atoms with E-state index in [0.29, 0.717) is 23.3 Å². The Balaban J connectivity index is 1.40. The van der Waals surface area contributed by atoms with Gasteiger partial charge in [-0.2, -0.15) is 5.10 Å². The van der Waals surface area contributed by atoms with Crippen LogP contribution in [0.1, 0.15) is 28.2 Å². The molecule has 1 saturated heterocycles. The molecule has 0 bridgehead atoms. The van der Waals surface area contributed by atoms with Crippen LogP contribution < -0.4 is 10.6 Å². The van der Waals surface area contributed by atoms with Crippen molar-refractivity contribution in [3.8, 4) is 11.5 Å². The molecule has 3 N–H and O–H groups in total. The van der Waals surface area contributed by atoms with E-state index in [0.717, 1.165) is 31.5 Å². The lowest BCUT2D eigenvalue weighted by Gasteiger charge is -2.10. The fourth-order valence-electron chi connectivity index (χ4n) is 3.26. The van der Waals surface area contributed by atoms with Crippen molar-refractivity contribution in [3.05, 3.63) is 59.6 Å². The summed E-state index contributed by atoms with van der Waals surface area (Å²) in [6.45, 7) is 2.06. The zero-order valence-electron chi connectivity index (χ0n) is 15.2. The van der Waals surface area contributed by atoms with Gasteiger partial charge in [-0.1, -0.05) is 6.07 Å². The van der Waals surface area contributed by atoms with Gasteiger partial charge in [0.05, 0.1) is 18.3 Å². The van der Waals surface area contributed by atoms with Crippen LogP contribution in [0.2, 0.25) is 0 Å². The van der Waals surface area contributed by atoms with Gasteiger partial charge in [0.2, 0.25) is 5.82 Å². The molecule has 9 heteroatoms. The van der Waals surface area contributed by atoms with Crippen LogP contribution in [0.15, 0.2) is 36.8 Å². The summed E-state index contributed by atoms with van der Waals surface area (Å²) in [5.74, 6) is 0.332. The van der Waals surface area contributed by atoms with Gasteiger partial charge in [0.25, 0.3) is 5.91 Å². The SMILES string of the molecule is O=C(NCc1nc(-c2cnccn2)n[nH]1)c1cc(CC2CCNC2)ccc1F. The van der Waals surface area contributed by atoms with Crippen LogP contribution in [0.5, 0.6) is 0 Å². The summed E-state index contributed by atoms with van der Waals surface area (Å²) in [6, 6.07) is 4.73. The molecule has 2 aromatic heterocycles. The second-order valence-electron chi connectivity index (χ2n) is 6.76. The Kier molecular flexibility index (Phi) is 5.34. The maximum absolute atomic E-state index is 14.2. The van der Waals surface area contributed by atoms with Gasteiger partial charge in [0.15, 0.2) is 0 Å². The molecule has 28 heavy (non-hydrogen) atoms. The van der Waals surface area contributed by atoms with Crippen molar-refractivity contribution < 1.29 is 9.18 Å². The van der Waals surface area contributed by atoms with Gasteiger partial charge in [-0.25, -0.2) is 14.4 Å². The number of rotatable bonds is 6. The van der Waals surface area contributed by atoms with Gasteiger partial charge in [0.1, 0.15) is 17.3 Å². The van der Waals surface area contributed by atoms with Crippen molar-refractivity contribution in [2.24, 2.45) is 5.92 Å². The molecule has 1 atom stereocenters. The Morgan fingerprint density at radius 3 is 3.04 bits per heavy atom. The lowest BCUT2D eigenvalue weighted by atomic mass is 9.97. The summed E-state index contributed by atoms with van der Waals surface area (Å²) >= 11 is 0. The zero-order valence-corrected chi connectivity index (χ0v) is 15.2. The second-order valence-corrected chi connectivity index (χ2v) is 6.76. The predicted octanol–water partition coefficient (Wildman–Crippen LogP) is 1.48. The van der Waals surface area contributed by atoms with Gasteiger partial charge in [-0.3, -0.25) is 14.9 Å². The summed E-state index contributed by atoms with van der Waals surface area (Å²) in [5.41, 5.74) is 1.53. The van der Waals surface area contributed by atoms with Gasteiger partial charge >= 0.3 is 0 Å². The van der Waals surface area contributed by atoms with Crippen molar-refractivity contribution in [1.82, 2.24) is 35.8 Å². The fourth-order valence-corrected chi connectivity index (χ4v) is 3.26. The first kappa shape index (κ1) is 18.2. The average molecular weight is 381 g/mol. The highest BCUT2D eigenvalue weighted by molar-refractivity contribution is 5.94. The fraction of sp³-hybridized carbons (Fsp3) is 0.316. The lowest BCUT2D eigenvalue weighted by Crippen LogP contribution is -2.24. The molecule has 8 nitrogen and oxygen atoms in total. The molecule has 1 aliphatic heterocycles. The predicted molar refractivity (Wildman–Crippen MR) is 99.7 cm³/mol. The minimum atomic E-state index is -0.538. The molecule has 4 rings (SSSR count). The molecule has 144 valence electrons. The normalized spacial score (nSPS) is 16.2. The molecule has 0 saturated carbocycles. The van der Waals surface area contributed by atoms with Crippen LogP contribution in [-0.2, 0) is 13.0 Å². The summed E-state index contributed by atoms with van der Waals surface area (Å²) in [7, 11) is 0. The van der Waals surface area contributed by atoms with Crippen LogP contribution in [-0.4, -0.2) is 44.1 Å². The second kappa shape index (κ2) is 8.22.